The highest BCUT2D eigenvalue weighted by Gasteiger charge is 2.12. The molecule has 2 aromatic rings. The average Bonchev–Trinajstić information content (AvgIpc) is 2.94. The topological polar surface area (TPSA) is 77.2 Å². The maximum Gasteiger partial charge on any atom is 0.277 e. The van der Waals surface area contributed by atoms with E-state index >= 15 is 0 Å². The van der Waals surface area contributed by atoms with Crippen molar-refractivity contribution in [3.8, 4) is 5.75 Å². The first-order valence-electron chi connectivity index (χ1n) is 6.48. The fraction of sp³-hybridized carbons (Fsp3) is 0.357. The Hall–Kier alpha value is -2.02. The van der Waals surface area contributed by atoms with E-state index < -0.39 is 0 Å². The van der Waals surface area contributed by atoms with E-state index in [4.69, 9.17) is 9.15 Å². The highest BCUT2D eigenvalue weighted by atomic mass is 32.2. The highest BCUT2D eigenvalue weighted by molar-refractivity contribution is 7.99. The summed E-state index contributed by atoms with van der Waals surface area (Å²) in [6.45, 7) is 3.94. The molecule has 112 valence electrons. The third kappa shape index (κ3) is 4.49. The second kappa shape index (κ2) is 7.12. The number of aromatic nitrogens is 2. The van der Waals surface area contributed by atoms with Gasteiger partial charge in [0, 0.05) is 17.7 Å². The summed E-state index contributed by atoms with van der Waals surface area (Å²) < 4.78 is 10.5. The minimum Gasteiger partial charge on any atom is -0.497 e. The molecule has 1 aromatic carbocycles. The molecule has 6 nitrogen and oxygen atoms in total. The second-order valence-electron chi connectivity index (χ2n) is 4.63. The summed E-state index contributed by atoms with van der Waals surface area (Å²) in [6.07, 6.45) is 0. The van der Waals surface area contributed by atoms with E-state index in [1.165, 1.54) is 11.8 Å². The number of hydrogen-bond acceptors (Lipinski definition) is 6. The normalized spacial score (nSPS) is 10.7. The Balaban J connectivity index is 1.86. The molecule has 0 saturated carbocycles. The number of rotatable bonds is 6. The number of benzene rings is 1. The van der Waals surface area contributed by atoms with Crippen molar-refractivity contribution in [1.29, 1.82) is 0 Å². The van der Waals surface area contributed by atoms with E-state index in [1.54, 1.807) is 19.2 Å². The lowest BCUT2D eigenvalue weighted by molar-refractivity contribution is -0.113. The van der Waals surface area contributed by atoms with Crippen LogP contribution in [-0.4, -0.2) is 29.0 Å². The smallest absolute Gasteiger partial charge is 0.277 e. The van der Waals surface area contributed by atoms with Gasteiger partial charge < -0.3 is 14.5 Å². The summed E-state index contributed by atoms with van der Waals surface area (Å²) in [5.74, 6) is 1.51. The molecule has 1 N–H and O–H groups in total. The van der Waals surface area contributed by atoms with Gasteiger partial charge in [0.15, 0.2) is 0 Å². The van der Waals surface area contributed by atoms with Gasteiger partial charge >= 0.3 is 0 Å². The number of carbonyl (C=O) groups is 1. The molecule has 21 heavy (non-hydrogen) atoms. The van der Waals surface area contributed by atoms with Gasteiger partial charge in [0.2, 0.25) is 11.8 Å². The molecule has 0 aliphatic rings. The summed E-state index contributed by atoms with van der Waals surface area (Å²) in [4.78, 5) is 11.9. The molecule has 0 bridgehead atoms. The zero-order chi connectivity index (χ0) is 15.2. The Morgan fingerprint density at radius 2 is 2.24 bits per heavy atom. The van der Waals surface area contributed by atoms with E-state index in [1.807, 2.05) is 26.0 Å². The number of hydrogen-bond donors (Lipinski definition) is 1. The highest BCUT2D eigenvalue weighted by Crippen LogP contribution is 2.21. The van der Waals surface area contributed by atoms with Crippen LogP contribution in [0.4, 0.5) is 5.69 Å². The van der Waals surface area contributed by atoms with Crippen LogP contribution < -0.4 is 10.1 Å². The summed E-state index contributed by atoms with van der Waals surface area (Å²) >= 11 is 1.21. The zero-order valence-corrected chi connectivity index (χ0v) is 12.9. The van der Waals surface area contributed by atoms with Gasteiger partial charge in [-0.05, 0) is 12.1 Å². The van der Waals surface area contributed by atoms with Crippen molar-refractivity contribution in [2.45, 2.75) is 25.0 Å². The first-order valence-corrected chi connectivity index (χ1v) is 7.47. The van der Waals surface area contributed by atoms with Crippen LogP contribution in [0.15, 0.2) is 33.9 Å². The van der Waals surface area contributed by atoms with Gasteiger partial charge in [0.25, 0.3) is 5.22 Å². The number of amides is 1. The molecule has 1 heterocycles. The van der Waals surface area contributed by atoms with Crippen molar-refractivity contribution in [3.05, 3.63) is 30.2 Å². The first kappa shape index (κ1) is 15.4. The SMILES string of the molecule is COc1cccc(NC(=O)CSc2nnc(C(C)C)o2)c1. The van der Waals surface area contributed by atoms with Gasteiger partial charge in [-0.2, -0.15) is 0 Å². The number of nitrogens with zero attached hydrogens (tertiary/aromatic N) is 2. The van der Waals surface area contributed by atoms with Crippen molar-refractivity contribution >= 4 is 23.4 Å². The van der Waals surface area contributed by atoms with Crippen LogP contribution in [0.25, 0.3) is 0 Å². The molecule has 0 fully saturated rings. The van der Waals surface area contributed by atoms with E-state index in [9.17, 15) is 4.79 Å². The Labute approximate surface area is 127 Å². The summed E-state index contributed by atoms with van der Waals surface area (Å²) in [5, 5.41) is 11.0. The lowest BCUT2D eigenvalue weighted by Gasteiger charge is -2.05. The Bertz CT molecular complexity index is 613. The number of nitrogens with one attached hydrogen (secondary N) is 1. The van der Waals surface area contributed by atoms with Gasteiger partial charge in [-0.25, -0.2) is 0 Å². The van der Waals surface area contributed by atoms with Crippen molar-refractivity contribution in [3.63, 3.8) is 0 Å². The Kier molecular flexibility index (Phi) is 5.21. The van der Waals surface area contributed by atoms with E-state index in [0.717, 1.165) is 0 Å². The molecule has 1 amide bonds. The fourth-order valence-electron chi connectivity index (χ4n) is 1.54. The van der Waals surface area contributed by atoms with E-state index in [2.05, 4.69) is 15.5 Å². The molecule has 1 aromatic heterocycles. The van der Waals surface area contributed by atoms with Crippen molar-refractivity contribution in [2.24, 2.45) is 0 Å². The number of carbonyl (C=O) groups excluding carboxylic acids is 1. The summed E-state index contributed by atoms with van der Waals surface area (Å²) in [7, 11) is 1.58. The lowest BCUT2D eigenvalue weighted by atomic mass is 10.2. The van der Waals surface area contributed by atoms with Crippen LogP contribution >= 0.6 is 11.8 Å². The third-order valence-corrected chi connectivity index (χ3v) is 3.41. The summed E-state index contributed by atoms with van der Waals surface area (Å²) in [5.41, 5.74) is 0.688. The second-order valence-corrected chi connectivity index (χ2v) is 5.56. The molecule has 0 aliphatic heterocycles. The predicted octanol–water partition coefficient (Wildman–Crippen LogP) is 2.93. The Morgan fingerprint density at radius 1 is 1.43 bits per heavy atom. The van der Waals surface area contributed by atoms with Gasteiger partial charge in [-0.1, -0.05) is 31.7 Å². The number of thioether (sulfide) groups is 1. The minimum atomic E-state index is -0.141. The van der Waals surface area contributed by atoms with Crippen LogP contribution in [0.1, 0.15) is 25.7 Å². The maximum absolute atomic E-state index is 11.9. The van der Waals surface area contributed by atoms with Crippen LogP contribution in [0.5, 0.6) is 5.75 Å². The number of ether oxygens (including phenoxy) is 1. The lowest BCUT2D eigenvalue weighted by Crippen LogP contribution is -2.13. The quantitative estimate of drug-likeness (QED) is 0.827. The van der Waals surface area contributed by atoms with Crippen molar-refractivity contribution < 1.29 is 13.9 Å². The molecule has 0 atom stereocenters. The van der Waals surface area contributed by atoms with E-state index in [0.29, 0.717) is 22.6 Å². The van der Waals surface area contributed by atoms with Gasteiger partial charge in [0.1, 0.15) is 5.75 Å². The van der Waals surface area contributed by atoms with Crippen LogP contribution in [0, 0.1) is 0 Å². The molecular formula is C14H17N3O3S. The van der Waals surface area contributed by atoms with Crippen molar-refractivity contribution in [2.75, 3.05) is 18.2 Å². The Morgan fingerprint density at radius 3 is 2.90 bits per heavy atom. The average molecular weight is 307 g/mol. The van der Waals surface area contributed by atoms with Gasteiger partial charge in [-0.15, -0.1) is 10.2 Å². The first-order chi connectivity index (χ1) is 10.1. The zero-order valence-electron chi connectivity index (χ0n) is 12.1. The molecular weight excluding hydrogens is 290 g/mol. The third-order valence-electron chi connectivity index (χ3n) is 2.60. The van der Waals surface area contributed by atoms with Crippen LogP contribution in [0.3, 0.4) is 0 Å². The number of methoxy groups -OCH3 is 1. The molecule has 7 heteroatoms. The molecule has 0 saturated heterocycles. The predicted molar refractivity (Wildman–Crippen MR) is 80.7 cm³/mol. The molecule has 0 spiro atoms. The van der Waals surface area contributed by atoms with Crippen LogP contribution in [0.2, 0.25) is 0 Å². The molecule has 0 unspecified atom stereocenters. The van der Waals surface area contributed by atoms with Gasteiger partial charge in [0.05, 0.1) is 12.9 Å². The van der Waals surface area contributed by atoms with Crippen molar-refractivity contribution in [1.82, 2.24) is 10.2 Å². The van der Waals surface area contributed by atoms with Crippen LogP contribution in [-0.2, 0) is 4.79 Å². The molecule has 0 aliphatic carbocycles. The summed E-state index contributed by atoms with van der Waals surface area (Å²) in [6, 6.07) is 7.19. The van der Waals surface area contributed by atoms with E-state index in [-0.39, 0.29) is 17.6 Å². The molecule has 0 radical (unpaired) electrons. The largest absolute Gasteiger partial charge is 0.497 e. The maximum atomic E-state index is 11.9. The fourth-order valence-corrected chi connectivity index (χ4v) is 2.11. The number of anilines is 1. The minimum absolute atomic E-state index is 0.141. The monoisotopic (exact) mass is 307 g/mol. The molecule has 2 rings (SSSR count). The standard InChI is InChI=1S/C14H17N3O3S/c1-9(2)13-16-17-14(20-13)21-8-12(18)15-10-5-4-6-11(7-10)19-3/h4-7,9H,8H2,1-3H3,(H,15,18). The van der Waals surface area contributed by atoms with Gasteiger partial charge in [-0.3, -0.25) is 4.79 Å².